The van der Waals surface area contributed by atoms with Crippen LogP contribution in [-0.2, 0) is 9.53 Å². The first-order chi connectivity index (χ1) is 6.13. The van der Waals surface area contributed by atoms with Crippen molar-refractivity contribution in [1.82, 2.24) is 4.90 Å². The first-order valence-electron chi connectivity index (χ1n) is 4.27. The van der Waals surface area contributed by atoms with Crippen molar-refractivity contribution in [3.8, 4) is 0 Å². The van der Waals surface area contributed by atoms with Crippen LogP contribution in [0.5, 0.6) is 0 Å². The maximum absolute atomic E-state index is 11.4. The molecule has 4 nitrogen and oxygen atoms in total. The van der Waals surface area contributed by atoms with Gasteiger partial charge in [-0.05, 0) is 6.92 Å². The molecule has 0 saturated carbocycles. The zero-order chi connectivity index (χ0) is 10.3. The molecule has 0 radical (unpaired) electrons. The van der Waals surface area contributed by atoms with Crippen molar-refractivity contribution in [2.75, 3.05) is 26.8 Å². The molecule has 0 aromatic rings. The molecule has 4 heteroatoms. The van der Waals surface area contributed by atoms with E-state index in [-0.39, 0.29) is 5.91 Å². The standard InChI is InChI=1S/C9H18N2O2/c1-4-5-11(6-7-13-3)9(12)8(2)10/h4,8H,1,5-7,10H2,2-3H3/t8-/m0/s1. The lowest BCUT2D eigenvalue weighted by Gasteiger charge is -2.22. The average molecular weight is 186 g/mol. The molecule has 0 heterocycles. The molecule has 0 rings (SSSR count). The monoisotopic (exact) mass is 186 g/mol. The van der Waals surface area contributed by atoms with Gasteiger partial charge >= 0.3 is 0 Å². The van der Waals surface area contributed by atoms with Gasteiger partial charge in [-0.25, -0.2) is 0 Å². The molecule has 0 aliphatic heterocycles. The molecular weight excluding hydrogens is 168 g/mol. The number of rotatable bonds is 6. The minimum atomic E-state index is -0.461. The van der Waals surface area contributed by atoms with Crippen molar-refractivity contribution in [3.05, 3.63) is 12.7 Å². The molecule has 0 aromatic heterocycles. The van der Waals surface area contributed by atoms with E-state index in [0.717, 1.165) is 0 Å². The Kier molecular flexibility index (Phi) is 6.18. The van der Waals surface area contributed by atoms with Crippen LogP contribution < -0.4 is 5.73 Å². The van der Waals surface area contributed by atoms with Gasteiger partial charge < -0.3 is 15.4 Å². The number of carbonyl (C=O) groups excluding carboxylic acids is 1. The second-order valence-corrected chi connectivity index (χ2v) is 2.85. The number of carbonyl (C=O) groups is 1. The van der Waals surface area contributed by atoms with Crippen LogP contribution in [0.1, 0.15) is 6.92 Å². The zero-order valence-electron chi connectivity index (χ0n) is 8.32. The van der Waals surface area contributed by atoms with Crippen LogP contribution in [-0.4, -0.2) is 43.7 Å². The van der Waals surface area contributed by atoms with Crippen molar-refractivity contribution in [2.45, 2.75) is 13.0 Å². The number of amides is 1. The molecule has 0 spiro atoms. The van der Waals surface area contributed by atoms with Gasteiger partial charge in [0.25, 0.3) is 0 Å². The van der Waals surface area contributed by atoms with E-state index in [1.54, 1.807) is 25.0 Å². The van der Waals surface area contributed by atoms with Gasteiger partial charge in [-0.3, -0.25) is 4.79 Å². The fraction of sp³-hybridized carbons (Fsp3) is 0.667. The lowest BCUT2D eigenvalue weighted by Crippen LogP contribution is -2.43. The van der Waals surface area contributed by atoms with Crippen molar-refractivity contribution in [2.24, 2.45) is 5.73 Å². The van der Waals surface area contributed by atoms with Crippen LogP contribution in [0, 0.1) is 0 Å². The van der Waals surface area contributed by atoms with Crippen molar-refractivity contribution in [3.63, 3.8) is 0 Å². The third-order valence-corrected chi connectivity index (χ3v) is 1.62. The summed E-state index contributed by atoms with van der Waals surface area (Å²) >= 11 is 0. The number of hydrogen-bond donors (Lipinski definition) is 1. The number of nitrogens with two attached hydrogens (primary N) is 1. The minimum absolute atomic E-state index is 0.0723. The Hall–Kier alpha value is -0.870. The summed E-state index contributed by atoms with van der Waals surface area (Å²) in [6.45, 7) is 6.84. The van der Waals surface area contributed by atoms with Gasteiger partial charge in [-0.2, -0.15) is 0 Å². The first kappa shape index (κ1) is 12.1. The smallest absolute Gasteiger partial charge is 0.239 e. The van der Waals surface area contributed by atoms with Gasteiger partial charge in [0, 0.05) is 20.2 Å². The van der Waals surface area contributed by atoms with E-state index in [1.165, 1.54) is 0 Å². The average Bonchev–Trinajstić information content (AvgIpc) is 2.11. The van der Waals surface area contributed by atoms with Crippen LogP contribution in [0.15, 0.2) is 12.7 Å². The Bertz CT molecular complexity index is 169. The third-order valence-electron chi connectivity index (χ3n) is 1.62. The molecular formula is C9H18N2O2. The second-order valence-electron chi connectivity index (χ2n) is 2.85. The molecule has 2 N–H and O–H groups in total. The van der Waals surface area contributed by atoms with Gasteiger partial charge in [0.05, 0.1) is 12.6 Å². The lowest BCUT2D eigenvalue weighted by molar-refractivity contribution is -0.132. The normalized spacial score (nSPS) is 12.2. The predicted molar refractivity (Wildman–Crippen MR) is 52.3 cm³/mol. The van der Waals surface area contributed by atoms with Crippen LogP contribution in [0.25, 0.3) is 0 Å². The van der Waals surface area contributed by atoms with E-state index in [9.17, 15) is 4.79 Å². The third kappa shape index (κ3) is 4.65. The number of ether oxygens (including phenoxy) is 1. The highest BCUT2D eigenvalue weighted by Gasteiger charge is 2.15. The Labute approximate surface area is 79.3 Å². The predicted octanol–water partition coefficient (Wildman–Crippen LogP) is -0.00540. The summed E-state index contributed by atoms with van der Waals surface area (Å²) in [4.78, 5) is 13.1. The highest BCUT2D eigenvalue weighted by molar-refractivity contribution is 5.81. The molecule has 76 valence electrons. The maximum Gasteiger partial charge on any atom is 0.239 e. The van der Waals surface area contributed by atoms with Crippen LogP contribution >= 0.6 is 0 Å². The van der Waals surface area contributed by atoms with E-state index < -0.39 is 6.04 Å². The summed E-state index contributed by atoms with van der Waals surface area (Å²) < 4.78 is 4.88. The molecule has 0 bridgehead atoms. The van der Waals surface area contributed by atoms with Crippen LogP contribution in [0.3, 0.4) is 0 Å². The summed E-state index contributed by atoms with van der Waals surface area (Å²) in [5.41, 5.74) is 5.47. The summed E-state index contributed by atoms with van der Waals surface area (Å²) in [6, 6.07) is -0.461. The molecule has 0 aromatic carbocycles. The second kappa shape index (κ2) is 6.62. The summed E-state index contributed by atoms with van der Waals surface area (Å²) in [5.74, 6) is -0.0723. The fourth-order valence-electron chi connectivity index (χ4n) is 0.937. The summed E-state index contributed by atoms with van der Waals surface area (Å²) in [6.07, 6.45) is 1.68. The van der Waals surface area contributed by atoms with E-state index in [2.05, 4.69) is 6.58 Å². The summed E-state index contributed by atoms with van der Waals surface area (Å²) in [5, 5.41) is 0. The van der Waals surface area contributed by atoms with Gasteiger partial charge in [0.1, 0.15) is 0 Å². The fourth-order valence-corrected chi connectivity index (χ4v) is 0.937. The SMILES string of the molecule is C=CCN(CCOC)C(=O)[C@H](C)N. The van der Waals surface area contributed by atoms with Gasteiger partial charge in [-0.1, -0.05) is 6.08 Å². The van der Waals surface area contributed by atoms with E-state index in [0.29, 0.717) is 19.7 Å². The van der Waals surface area contributed by atoms with Gasteiger partial charge in [-0.15, -0.1) is 6.58 Å². The molecule has 0 saturated heterocycles. The lowest BCUT2D eigenvalue weighted by atomic mass is 10.3. The number of methoxy groups -OCH3 is 1. The highest BCUT2D eigenvalue weighted by atomic mass is 16.5. The number of hydrogen-bond acceptors (Lipinski definition) is 3. The number of nitrogens with zero attached hydrogens (tertiary/aromatic N) is 1. The van der Waals surface area contributed by atoms with E-state index >= 15 is 0 Å². The van der Waals surface area contributed by atoms with E-state index in [4.69, 9.17) is 10.5 Å². The molecule has 0 aliphatic rings. The quantitative estimate of drug-likeness (QED) is 0.594. The van der Waals surface area contributed by atoms with E-state index in [1.807, 2.05) is 0 Å². The van der Waals surface area contributed by atoms with Gasteiger partial charge in [0.2, 0.25) is 5.91 Å². The Morgan fingerprint density at radius 1 is 1.77 bits per heavy atom. The van der Waals surface area contributed by atoms with Crippen LogP contribution in [0.4, 0.5) is 0 Å². The Morgan fingerprint density at radius 3 is 2.77 bits per heavy atom. The Balaban J connectivity index is 4.06. The maximum atomic E-state index is 11.4. The van der Waals surface area contributed by atoms with Crippen molar-refractivity contribution < 1.29 is 9.53 Å². The molecule has 1 atom stereocenters. The molecule has 0 aliphatic carbocycles. The topological polar surface area (TPSA) is 55.6 Å². The minimum Gasteiger partial charge on any atom is -0.383 e. The molecule has 0 fully saturated rings. The largest absolute Gasteiger partial charge is 0.383 e. The molecule has 1 amide bonds. The first-order valence-corrected chi connectivity index (χ1v) is 4.27. The van der Waals surface area contributed by atoms with Gasteiger partial charge in [0.15, 0.2) is 0 Å². The molecule has 0 unspecified atom stereocenters. The zero-order valence-corrected chi connectivity index (χ0v) is 8.32. The van der Waals surface area contributed by atoms with Crippen molar-refractivity contribution >= 4 is 5.91 Å². The molecule has 13 heavy (non-hydrogen) atoms. The van der Waals surface area contributed by atoms with Crippen molar-refractivity contribution in [1.29, 1.82) is 0 Å². The highest BCUT2D eigenvalue weighted by Crippen LogP contribution is 1.93. The summed E-state index contributed by atoms with van der Waals surface area (Å²) in [7, 11) is 1.60. The van der Waals surface area contributed by atoms with Crippen LogP contribution in [0.2, 0.25) is 0 Å². The Morgan fingerprint density at radius 2 is 2.38 bits per heavy atom.